The number of benzene rings is 2. The minimum absolute atomic E-state index is 0.154. The van der Waals surface area contributed by atoms with Crippen LogP contribution >= 0.6 is 11.3 Å². The highest BCUT2D eigenvalue weighted by Gasteiger charge is 2.24. The number of nitrogens with two attached hydrogens (primary N) is 1. The molecule has 3 aromatic rings. The maximum absolute atomic E-state index is 12.8. The Hall–Kier alpha value is -2.83. The number of carbonyl (C=O) groups is 1. The number of nitrogens with zero attached hydrogens (tertiary/aromatic N) is 2. The molecule has 0 aliphatic carbocycles. The van der Waals surface area contributed by atoms with E-state index in [-0.39, 0.29) is 5.91 Å². The van der Waals surface area contributed by atoms with E-state index >= 15 is 0 Å². The third-order valence-electron chi connectivity index (χ3n) is 5.50. The van der Waals surface area contributed by atoms with Crippen molar-refractivity contribution in [3.63, 3.8) is 0 Å². The standard InChI is InChI=1S/C23H26N4OS/c1-26(2)19-11-12-27(15-19)18-8-5-16(6-9-18)23(28)25-21-14-17(7-10-20(21)24)22-4-3-13-29-22/h3-10,13-14,19H,11-12,15,24H2,1-2H3,(H,25,28). The van der Waals surface area contributed by atoms with Gasteiger partial charge in [0.15, 0.2) is 0 Å². The molecule has 1 fully saturated rings. The molecule has 2 aromatic carbocycles. The number of thiophene rings is 1. The lowest BCUT2D eigenvalue weighted by atomic mass is 10.1. The molecule has 2 heterocycles. The number of carbonyl (C=O) groups excluding carboxylic acids is 1. The van der Waals surface area contributed by atoms with Gasteiger partial charge in [0.25, 0.3) is 5.91 Å². The van der Waals surface area contributed by atoms with Crippen LogP contribution in [0.3, 0.4) is 0 Å². The highest BCUT2D eigenvalue weighted by molar-refractivity contribution is 7.13. The number of nitrogens with one attached hydrogen (secondary N) is 1. The van der Waals surface area contributed by atoms with Gasteiger partial charge < -0.3 is 20.9 Å². The van der Waals surface area contributed by atoms with Crippen LogP contribution in [-0.2, 0) is 0 Å². The Balaban J connectivity index is 1.46. The Bertz CT molecular complexity index is 983. The molecule has 150 valence electrons. The number of likely N-dealkylation sites (N-methyl/N-ethyl adjacent to an activating group) is 1. The number of hydrogen-bond acceptors (Lipinski definition) is 5. The SMILES string of the molecule is CN(C)C1CCN(c2ccc(C(=O)Nc3cc(-c4cccs4)ccc3N)cc2)C1. The molecule has 1 aromatic heterocycles. The molecule has 1 aliphatic rings. The van der Waals surface area contributed by atoms with Gasteiger partial charge in [-0.2, -0.15) is 0 Å². The first-order chi connectivity index (χ1) is 14.0. The second kappa shape index (κ2) is 8.27. The first-order valence-electron chi connectivity index (χ1n) is 9.77. The minimum atomic E-state index is -0.154. The van der Waals surface area contributed by atoms with Gasteiger partial charge in [-0.3, -0.25) is 4.79 Å². The summed E-state index contributed by atoms with van der Waals surface area (Å²) >= 11 is 1.66. The van der Waals surface area contributed by atoms with E-state index in [0.29, 0.717) is 23.0 Å². The van der Waals surface area contributed by atoms with Crippen molar-refractivity contribution < 1.29 is 4.79 Å². The van der Waals surface area contributed by atoms with Gasteiger partial charge in [0.1, 0.15) is 0 Å². The van der Waals surface area contributed by atoms with Crippen molar-refractivity contribution in [3.05, 3.63) is 65.5 Å². The Morgan fingerprint density at radius 3 is 2.62 bits per heavy atom. The third-order valence-corrected chi connectivity index (χ3v) is 6.41. The van der Waals surface area contributed by atoms with Gasteiger partial charge in [-0.25, -0.2) is 0 Å². The summed E-state index contributed by atoms with van der Waals surface area (Å²) < 4.78 is 0. The molecule has 1 aliphatic heterocycles. The number of amides is 1. The lowest BCUT2D eigenvalue weighted by molar-refractivity contribution is 0.102. The molecule has 0 bridgehead atoms. The predicted molar refractivity (Wildman–Crippen MR) is 123 cm³/mol. The third kappa shape index (κ3) is 4.28. The van der Waals surface area contributed by atoms with E-state index in [1.807, 2.05) is 53.9 Å². The van der Waals surface area contributed by atoms with Gasteiger partial charge in [0.2, 0.25) is 0 Å². The van der Waals surface area contributed by atoms with E-state index < -0.39 is 0 Å². The molecular formula is C23H26N4OS. The predicted octanol–water partition coefficient (Wildman–Crippen LogP) is 4.39. The van der Waals surface area contributed by atoms with Crippen LogP contribution < -0.4 is 16.0 Å². The molecule has 0 saturated carbocycles. The summed E-state index contributed by atoms with van der Waals surface area (Å²) in [7, 11) is 4.25. The van der Waals surface area contributed by atoms with Gasteiger partial charge >= 0.3 is 0 Å². The van der Waals surface area contributed by atoms with Crippen molar-refractivity contribution in [1.29, 1.82) is 0 Å². The molecule has 5 nitrogen and oxygen atoms in total. The Kier molecular flexibility index (Phi) is 5.56. The van der Waals surface area contributed by atoms with Gasteiger partial charge in [-0.15, -0.1) is 11.3 Å². The number of anilines is 3. The fourth-order valence-electron chi connectivity index (χ4n) is 3.68. The zero-order chi connectivity index (χ0) is 20.4. The van der Waals surface area contributed by atoms with Crippen LogP contribution in [0.25, 0.3) is 10.4 Å². The molecule has 4 rings (SSSR count). The number of nitrogen functional groups attached to an aromatic ring is 1. The Morgan fingerprint density at radius 1 is 1.17 bits per heavy atom. The fraction of sp³-hybridized carbons (Fsp3) is 0.261. The van der Waals surface area contributed by atoms with Gasteiger partial charge in [-0.1, -0.05) is 12.1 Å². The average Bonchev–Trinajstić information content (AvgIpc) is 3.42. The molecule has 1 atom stereocenters. The van der Waals surface area contributed by atoms with Gasteiger partial charge in [-0.05, 0) is 73.9 Å². The lowest BCUT2D eigenvalue weighted by Crippen LogP contribution is -2.31. The summed E-state index contributed by atoms with van der Waals surface area (Å²) in [6.07, 6.45) is 1.16. The van der Waals surface area contributed by atoms with Gasteiger partial charge in [0, 0.05) is 35.3 Å². The Labute approximate surface area is 175 Å². The highest BCUT2D eigenvalue weighted by atomic mass is 32.1. The molecule has 0 radical (unpaired) electrons. The van der Waals surface area contributed by atoms with Crippen LogP contribution in [0.4, 0.5) is 17.1 Å². The second-order valence-electron chi connectivity index (χ2n) is 7.63. The molecule has 1 saturated heterocycles. The number of hydrogen-bond donors (Lipinski definition) is 2. The highest BCUT2D eigenvalue weighted by Crippen LogP contribution is 2.30. The van der Waals surface area contributed by atoms with Crippen molar-refractivity contribution in [2.45, 2.75) is 12.5 Å². The van der Waals surface area contributed by atoms with E-state index in [1.54, 1.807) is 11.3 Å². The maximum atomic E-state index is 12.8. The summed E-state index contributed by atoms with van der Waals surface area (Å²) in [5, 5.41) is 4.99. The summed E-state index contributed by atoms with van der Waals surface area (Å²) in [5.74, 6) is -0.154. The van der Waals surface area contributed by atoms with Crippen molar-refractivity contribution in [3.8, 4) is 10.4 Å². The molecular weight excluding hydrogens is 380 g/mol. The van der Waals surface area contributed by atoms with E-state index in [1.165, 1.54) is 0 Å². The van der Waals surface area contributed by atoms with E-state index in [0.717, 1.165) is 35.6 Å². The smallest absolute Gasteiger partial charge is 0.255 e. The van der Waals surface area contributed by atoms with E-state index in [9.17, 15) is 4.79 Å². The molecule has 3 N–H and O–H groups in total. The molecule has 29 heavy (non-hydrogen) atoms. The summed E-state index contributed by atoms with van der Waals surface area (Å²) in [5.41, 5.74) is 10.1. The zero-order valence-corrected chi connectivity index (χ0v) is 17.6. The van der Waals surface area contributed by atoms with Crippen molar-refractivity contribution in [2.24, 2.45) is 0 Å². The van der Waals surface area contributed by atoms with Crippen LogP contribution in [0.2, 0.25) is 0 Å². The van der Waals surface area contributed by atoms with E-state index in [4.69, 9.17) is 5.73 Å². The first kappa shape index (κ1) is 19.5. The first-order valence-corrected chi connectivity index (χ1v) is 10.7. The fourth-order valence-corrected chi connectivity index (χ4v) is 4.40. The summed E-state index contributed by atoms with van der Waals surface area (Å²) in [4.78, 5) is 18.5. The Morgan fingerprint density at radius 2 is 1.97 bits per heavy atom. The van der Waals surface area contributed by atoms with Crippen LogP contribution in [0.5, 0.6) is 0 Å². The van der Waals surface area contributed by atoms with E-state index in [2.05, 4.69) is 35.3 Å². The van der Waals surface area contributed by atoms with Crippen LogP contribution in [-0.4, -0.2) is 44.0 Å². The quantitative estimate of drug-likeness (QED) is 0.617. The maximum Gasteiger partial charge on any atom is 0.255 e. The molecule has 1 amide bonds. The summed E-state index contributed by atoms with van der Waals surface area (Å²) in [6.45, 7) is 2.06. The topological polar surface area (TPSA) is 61.6 Å². The molecule has 6 heteroatoms. The largest absolute Gasteiger partial charge is 0.397 e. The lowest BCUT2D eigenvalue weighted by Gasteiger charge is -2.22. The minimum Gasteiger partial charge on any atom is -0.397 e. The van der Waals surface area contributed by atoms with Crippen molar-refractivity contribution in [1.82, 2.24) is 4.90 Å². The van der Waals surface area contributed by atoms with Gasteiger partial charge in [0.05, 0.1) is 11.4 Å². The van der Waals surface area contributed by atoms with Crippen molar-refractivity contribution >= 4 is 34.3 Å². The average molecular weight is 407 g/mol. The van der Waals surface area contributed by atoms with Crippen LogP contribution in [0.15, 0.2) is 60.0 Å². The second-order valence-corrected chi connectivity index (χ2v) is 8.58. The summed E-state index contributed by atoms with van der Waals surface area (Å²) in [6, 6.07) is 18.2. The van der Waals surface area contributed by atoms with Crippen LogP contribution in [0, 0.1) is 0 Å². The molecule has 1 unspecified atom stereocenters. The monoisotopic (exact) mass is 406 g/mol. The normalized spacial score (nSPS) is 16.4. The zero-order valence-electron chi connectivity index (χ0n) is 16.8. The van der Waals surface area contributed by atoms with Crippen molar-refractivity contribution in [2.75, 3.05) is 43.1 Å². The molecule has 0 spiro atoms. The number of rotatable bonds is 5. The van der Waals surface area contributed by atoms with Crippen LogP contribution in [0.1, 0.15) is 16.8 Å².